The average molecular weight is 500 g/mol. The van der Waals surface area contributed by atoms with Crippen molar-refractivity contribution in [3.8, 4) is 28.6 Å². The minimum atomic E-state index is -3.67. The first-order valence-corrected chi connectivity index (χ1v) is 13.8. The topological polar surface area (TPSA) is 130 Å². The van der Waals surface area contributed by atoms with Crippen LogP contribution in [0.5, 0.6) is 0 Å². The van der Waals surface area contributed by atoms with Gasteiger partial charge in [-0.05, 0) is 31.7 Å². The van der Waals surface area contributed by atoms with Crippen molar-refractivity contribution in [1.29, 1.82) is 5.26 Å². The van der Waals surface area contributed by atoms with Crippen LogP contribution in [0.3, 0.4) is 0 Å². The summed E-state index contributed by atoms with van der Waals surface area (Å²) in [5, 5.41) is 13.9. The number of sulfone groups is 1. The van der Waals surface area contributed by atoms with E-state index in [1.165, 1.54) is 4.52 Å². The van der Waals surface area contributed by atoms with Gasteiger partial charge in [-0.2, -0.15) is 14.9 Å². The number of nitrogen functional groups attached to an aromatic ring is 1. The molecule has 0 saturated carbocycles. The van der Waals surface area contributed by atoms with Crippen LogP contribution in [0.15, 0.2) is 59.8 Å². The monoisotopic (exact) mass is 499 g/mol. The number of nitriles is 1. The minimum Gasteiger partial charge on any atom is -0.382 e. The maximum atomic E-state index is 12.9. The number of fused-ring (bicyclic) bond motifs is 3. The van der Waals surface area contributed by atoms with E-state index in [2.05, 4.69) is 16.3 Å². The fourth-order valence-electron chi connectivity index (χ4n) is 5.77. The summed E-state index contributed by atoms with van der Waals surface area (Å²) in [5.41, 5.74) is 10.8. The van der Waals surface area contributed by atoms with Gasteiger partial charge in [-0.25, -0.2) is 13.4 Å². The Kier molecular flexibility index (Phi) is 5.19. The van der Waals surface area contributed by atoms with E-state index in [9.17, 15) is 13.7 Å². The van der Waals surface area contributed by atoms with E-state index in [0.717, 1.165) is 41.5 Å². The van der Waals surface area contributed by atoms with Crippen molar-refractivity contribution >= 4 is 21.3 Å². The number of hydrogen-bond donors (Lipinski definition) is 1. The van der Waals surface area contributed by atoms with Gasteiger partial charge in [-0.3, -0.25) is 4.98 Å². The molecule has 5 heterocycles. The van der Waals surface area contributed by atoms with E-state index in [0.29, 0.717) is 24.2 Å². The van der Waals surface area contributed by atoms with Gasteiger partial charge in [-0.1, -0.05) is 36.4 Å². The van der Waals surface area contributed by atoms with E-state index >= 15 is 0 Å². The van der Waals surface area contributed by atoms with Crippen LogP contribution in [0.2, 0.25) is 0 Å². The van der Waals surface area contributed by atoms with Crippen molar-refractivity contribution in [1.82, 2.24) is 24.5 Å². The lowest BCUT2D eigenvalue weighted by Crippen LogP contribution is -2.39. The van der Waals surface area contributed by atoms with E-state index in [-0.39, 0.29) is 28.7 Å². The molecule has 0 aliphatic carbocycles. The number of hydrogen-bond acceptors (Lipinski definition) is 8. The standard InChI is InChI=1S/C26H25N7O2S/c1-36(34,35)24-23(18-11-19-8-9-20(12-18)32(19)15-27)31-26-21(14-30-33(26)25(24)28)17-7-10-22(29-13-17)16-5-3-2-4-6-16/h2-7,10,13-14,18-20H,8-9,11-12,28H2,1H3/t18?,19-,20+. The lowest BCUT2D eigenvalue weighted by atomic mass is 9.88. The Balaban J connectivity index is 1.47. The summed E-state index contributed by atoms with van der Waals surface area (Å²) in [6, 6.07) is 14.0. The number of nitrogens with zero attached hydrogens (tertiary/aromatic N) is 6. The lowest BCUT2D eigenvalue weighted by molar-refractivity contribution is 0.195. The molecule has 1 aromatic carbocycles. The van der Waals surface area contributed by atoms with Crippen LogP contribution in [-0.2, 0) is 9.84 Å². The van der Waals surface area contributed by atoms with Crippen molar-refractivity contribution in [3.05, 3.63) is 60.6 Å². The second-order valence-electron chi connectivity index (χ2n) is 9.64. The van der Waals surface area contributed by atoms with Gasteiger partial charge in [0.1, 0.15) is 10.7 Å². The zero-order valence-electron chi connectivity index (χ0n) is 19.7. The van der Waals surface area contributed by atoms with Gasteiger partial charge in [0, 0.05) is 47.1 Å². The molecular weight excluding hydrogens is 474 g/mol. The molecule has 3 aromatic heterocycles. The molecule has 2 bridgehead atoms. The second kappa shape index (κ2) is 8.31. The maximum Gasteiger partial charge on any atom is 0.180 e. The van der Waals surface area contributed by atoms with E-state index in [4.69, 9.17) is 10.7 Å². The molecule has 9 nitrogen and oxygen atoms in total. The summed E-state index contributed by atoms with van der Waals surface area (Å²) in [7, 11) is -3.67. The molecule has 2 fully saturated rings. The Labute approximate surface area is 209 Å². The number of rotatable bonds is 4. The third-order valence-electron chi connectivity index (χ3n) is 7.41. The van der Waals surface area contributed by atoms with E-state index in [1.807, 2.05) is 47.4 Å². The van der Waals surface area contributed by atoms with Crippen molar-refractivity contribution in [2.45, 2.75) is 48.6 Å². The zero-order valence-corrected chi connectivity index (χ0v) is 20.6. The van der Waals surface area contributed by atoms with Gasteiger partial charge >= 0.3 is 0 Å². The Morgan fingerprint density at radius 2 is 1.75 bits per heavy atom. The van der Waals surface area contributed by atoms with Crippen molar-refractivity contribution < 1.29 is 8.42 Å². The molecule has 0 radical (unpaired) electrons. The van der Waals surface area contributed by atoms with Gasteiger partial charge < -0.3 is 10.6 Å². The third-order valence-corrected chi connectivity index (χ3v) is 8.57. The molecular formula is C26H25N7O2S. The number of benzene rings is 1. The van der Waals surface area contributed by atoms with Gasteiger partial charge in [0.05, 0.1) is 17.6 Å². The molecule has 2 aliphatic rings. The Bertz CT molecular complexity index is 1590. The molecule has 182 valence electrons. The highest BCUT2D eigenvalue weighted by atomic mass is 32.2. The summed E-state index contributed by atoms with van der Waals surface area (Å²) >= 11 is 0. The lowest BCUT2D eigenvalue weighted by Gasteiger charge is -2.35. The first kappa shape index (κ1) is 22.5. The Morgan fingerprint density at radius 3 is 2.36 bits per heavy atom. The van der Waals surface area contributed by atoms with Crippen LogP contribution in [-0.4, -0.2) is 51.2 Å². The fourth-order valence-corrected chi connectivity index (χ4v) is 6.83. The van der Waals surface area contributed by atoms with Crippen LogP contribution < -0.4 is 5.73 Å². The first-order chi connectivity index (χ1) is 17.3. The number of nitrogens with two attached hydrogens (primary N) is 1. The van der Waals surface area contributed by atoms with Gasteiger partial charge in [0.25, 0.3) is 0 Å². The first-order valence-electron chi connectivity index (χ1n) is 11.9. The smallest absolute Gasteiger partial charge is 0.180 e. The molecule has 3 atom stereocenters. The largest absolute Gasteiger partial charge is 0.382 e. The van der Waals surface area contributed by atoms with Crippen molar-refractivity contribution in [2.75, 3.05) is 12.0 Å². The SMILES string of the molecule is CS(=O)(=O)c1c(C2C[C@H]3CC[C@@H](C2)N3C#N)nc2c(-c3ccc(-c4ccccc4)nc3)cnn2c1N. The molecule has 0 amide bonds. The predicted molar refractivity (Wildman–Crippen MR) is 135 cm³/mol. The van der Waals surface area contributed by atoms with Gasteiger partial charge in [0.15, 0.2) is 21.7 Å². The highest BCUT2D eigenvalue weighted by molar-refractivity contribution is 7.91. The van der Waals surface area contributed by atoms with E-state index in [1.54, 1.807) is 12.4 Å². The van der Waals surface area contributed by atoms with Gasteiger partial charge in [-0.15, -0.1) is 0 Å². The summed E-state index contributed by atoms with van der Waals surface area (Å²) in [4.78, 5) is 11.4. The van der Waals surface area contributed by atoms with Crippen LogP contribution in [0.1, 0.15) is 37.3 Å². The van der Waals surface area contributed by atoms with Crippen LogP contribution >= 0.6 is 0 Å². The van der Waals surface area contributed by atoms with Crippen molar-refractivity contribution in [2.24, 2.45) is 0 Å². The number of anilines is 1. The molecule has 2 N–H and O–H groups in total. The molecule has 6 rings (SSSR count). The fraction of sp³-hybridized carbons (Fsp3) is 0.308. The number of aromatic nitrogens is 4. The normalized spacial score (nSPS) is 21.6. The summed E-state index contributed by atoms with van der Waals surface area (Å²) in [6.07, 6.45) is 10.1. The quantitative estimate of drug-likeness (QED) is 0.421. The molecule has 0 spiro atoms. The highest BCUT2D eigenvalue weighted by Gasteiger charge is 2.43. The van der Waals surface area contributed by atoms with E-state index < -0.39 is 9.84 Å². The molecule has 2 saturated heterocycles. The number of pyridine rings is 1. The van der Waals surface area contributed by atoms with Gasteiger partial charge in [0.2, 0.25) is 0 Å². The molecule has 2 aliphatic heterocycles. The molecule has 1 unspecified atom stereocenters. The van der Waals surface area contributed by atoms with Crippen LogP contribution in [0, 0.1) is 11.5 Å². The highest BCUT2D eigenvalue weighted by Crippen LogP contribution is 2.45. The third kappa shape index (κ3) is 3.58. The minimum absolute atomic E-state index is 0.0389. The zero-order chi connectivity index (χ0) is 25.0. The molecule has 36 heavy (non-hydrogen) atoms. The summed E-state index contributed by atoms with van der Waals surface area (Å²) in [5.74, 6) is -0.0434. The summed E-state index contributed by atoms with van der Waals surface area (Å²) in [6.45, 7) is 0. The average Bonchev–Trinajstić information content (AvgIpc) is 3.41. The summed E-state index contributed by atoms with van der Waals surface area (Å²) < 4.78 is 27.2. The van der Waals surface area contributed by atoms with Crippen molar-refractivity contribution in [3.63, 3.8) is 0 Å². The predicted octanol–water partition coefficient (Wildman–Crippen LogP) is 3.64. The second-order valence-corrected chi connectivity index (χ2v) is 11.6. The Hall–Kier alpha value is -3.97. The maximum absolute atomic E-state index is 12.9. The van der Waals surface area contributed by atoms with Crippen LogP contribution in [0.4, 0.5) is 5.82 Å². The Morgan fingerprint density at radius 1 is 1.03 bits per heavy atom. The molecule has 4 aromatic rings. The molecule has 10 heteroatoms. The van der Waals surface area contributed by atoms with Crippen LogP contribution in [0.25, 0.3) is 28.0 Å². The number of piperidine rings is 1.